The predicted octanol–water partition coefficient (Wildman–Crippen LogP) is 3.33. The van der Waals surface area contributed by atoms with Crippen LogP contribution in [0.1, 0.15) is 11.1 Å². The van der Waals surface area contributed by atoms with Crippen LogP contribution in [0, 0.1) is 0 Å². The number of hydrogen-bond acceptors (Lipinski definition) is 2. The number of hydrogen-bond donors (Lipinski definition) is 0. The summed E-state index contributed by atoms with van der Waals surface area (Å²) in [5.41, 5.74) is 2.06. The normalized spacial score (nSPS) is 10.5. The molecule has 18 heavy (non-hydrogen) atoms. The Hall–Kier alpha value is -2.00. The Morgan fingerprint density at radius 2 is 1.56 bits per heavy atom. The lowest BCUT2D eigenvalue weighted by molar-refractivity contribution is 0.559. The molecule has 2 aromatic rings. The van der Waals surface area contributed by atoms with Gasteiger partial charge in [0.15, 0.2) is 0 Å². The zero-order valence-electron chi connectivity index (χ0n) is 10.2. The molecule has 0 amide bonds. The highest BCUT2D eigenvalue weighted by Crippen LogP contribution is 2.05. The number of hydrazone groups is 1. The third-order valence-electron chi connectivity index (χ3n) is 2.49. The fourth-order valence-corrected chi connectivity index (χ4v) is 1.70. The van der Waals surface area contributed by atoms with E-state index in [0.29, 0.717) is 4.99 Å². The van der Waals surface area contributed by atoms with Crippen LogP contribution in [-0.2, 0) is 0 Å². The van der Waals surface area contributed by atoms with Crippen LogP contribution < -0.4 is 0 Å². The Bertz CT molecular complexity index is 535. The molecule has 0 atom stereocenters. The maximum Gasteiger partial charge on any atom is 0.129 e. The molecule has 0 aliphatic heterocycles. The van der Waals surface area contributed by atoms with Crippen molar-refractivity contribution in [1.29, 1.82) is 0 Å². The molecule has 0 saturated carbocycles. The molecule has 0 unspecified atom stereocenters. The Morgan fingerprint density at radius 3 is 2.17 bits per heavy atom. The molecule has 0 saturated heterocycles. The van der Waals surface area contributed by atoms with Crippen LogP contribution in [0.5, 0.6) is 0 Å². The van der Waals surface area contributed by atoms with Gasteiger partial charge in [0, 0.05) is 12.6 Å². The molecule has 0 spiro atoms. The summed E-state index contributed by atoms with van der Waals surface area (Å²) in [4.78, 5) is 0.711. The van der Waals surface area contributed by atoms with Crippen molar-refractivity contribution < 1.29 is 0 Å². The maximum absolute atomic E-state index is 5.37. The van der Waals surface area contributed by atoms with E-state index in [1.807, 2.05) is 67.7 Å². The van der Waals surface area contributed by atoms with Crippen molar-refractivity contribution in [3.8, 4) is 0 Å². The Balaban J connectivity index is 2.07. The SMILES string of the molecule is CN(/N=C\c1ccccc1)C(=S)c1ccccc1. The van der Waals surface area contributed by atoms with Crippen molar-refractivity contribution >= 4 is 23.4 Å². The lowest BCUT2D eigenvalue weighted by Gasteiger charge is -2.13. The molecule has 0 N–H and O–H groups in total. The summed E-state index contributed by atoms with van der Waals surface area (Å²) in [5.74, 6) is 0. The van der Waals surface area contributed by atoms with Gasteiger partial charge >= 0.3 is 0 Å². The second kappa shape index (κ2) is 6.07. The molecular formula is C15H14N2S. The van der Waals surface area contributed by atoms with Gasteiger partial charge in [-0.2, -0.15) is 5.10 Å². The molecule has 0 aliphatic rings. The second-order valence-corrected chi connectivity index (χ2v) is 4.24. The summed E-state index contributed by atoms with van der Waals surface area (Å²) in [6.07, 6.45) is 1.80. The third kappa shape index (κ3) is 3.25. The summed E-state index contributed by atoms with van der Waals surface area (Å²) in [7, 11) is 1.86. The van der Waals surface area contributed by atoms with E-state index in [9.17, 15) is 0 Å². The zero-order valence-corrected chi connectivity index (χ0v) is 11.0. The van der Waals surface area contributed by atoms with E-state index in [-0.39, 0.29) is 0 Å². The lowest BCUT2D eigenvalue weighted by Crippen LogP contribution is -2.20. The minimum Gasteiger partial charge on any atom is -0.257 e. The largest absolute Gasteiger partial charge is 0.257 e. The van der Waals surface area contributed by atoms with Gasteiger partial charge in [-0.1, -0.05) is 72.9 Å². The molecule has 3 heteroatoms. The van der Waals surface area contributed by atoms with E-state index in [2.05, 4.69) is 5.10 Å². The lowest BCUT2D eigenvalue weighted by atomic mass is 10.2. The summed E-state index contributed by atoms with van der Waals surface area (Å²) in [6.45, 7) is 0. The molecule has 0 fully saturated rings. The summed E-state index contributed by atoms with van der Waals surface area (Å²) >= 11 is 5.37. The van der Waals surface area contributed by atoms with Gasteiger partial charge in [-0.15, -0.1) is 0 Å². The van der Waals surface area contributed by atoms with Gasteiger partial charge in [-0.05, 0) is 5.56 Å². The third-order valence-corrected chi connectivity index (χ3v) is 2.99. The molecule has 2 aromatic carbocycles. The topological polar surface area (TPSA) is 15.6 Å². The van der Waals surface area contributed by atoms with Crippen molar-refractivity contribution in [1.82, 2.24) is 5.01 Å². The van der Waals surface area contributed by atoms with Gasteiger partial charge < -0.3 is 0 Å². The van der Waals surface area contributed by atoms with E-state index in [0.717, 1.165) is 11.1 Å². The first kappa shape index (κ1) is 12.5. The number of benzene rings is 2. The highest BCUT2D eigenvalue weighted by molar-refractivity contribution is 7.80. The zero-order chi connectivity index (χ0) is 12.8. The molecule has 0 heterocycles. The first-order valence-electron chi connectivity index (χ1n) is 5.69. The monoisotopic (exact) mass is 254 g/mol. The molecule has 2 rings (SSSR count). The van der Waals surface area contributed by atoms with E-state index in [4.69, 9.17) is 12.2 Å². The Kier molecular flexibility index (Phi) is 4.20. The van der Waals surface area contributed by atoms with Crippen molar-refractivity contribution in [2.75, 3.05) is 7.05 Å². The van der Waals surface area contributed by atoms with Crippen molar-refractivity contribution in [3.05, 3.63) is 71.8 Å². The highest BCUT2D eigenvalue weighted by Gasteiger charge is 2.04. The van der Waals surface area contributed by atoms with Crippen LogP contribution in [-0.4, -0.2) is 23.3 Å². The smallest absolute Gasteiger partial charge is 0.129 e. The average molecular weight is 254 g/mol. The first-order chi connectivity index (χ1) is 8.77. The standard InChI is InChI=1S/C15H14N2S/c1-17(15(18)14-10-6-3-7-11-14)16-12-13-8-4-2-5-9-13/h2-12H,1H3/b16-12-. The van der Waals surface area contributed by atoms with Crippen molar-refractivity contribution in [2.45, 2.75) is 0 Å². The molecule has 90 valence electrons. The van der Waals surface area contributed by atoms with Crippen LogP contribution in [0.4, 0.5) is 0 Å². The molecule has 2 nitrogen and oxygen atoms in total. The predicted molar refractivity (Wildman–Crippen MR) is 79.9 cm³/mol. The maximum atomic E-state index is 5.37. The van der Waals surface area contributed by atoms with Gasteiger partial charge in [-0.25, -0.2) is 0 Å². The summed E-state index contributed by atoms with van der Waals surface area (Å²) in [5, 5.41) is 6.04. The van der Waals surface area contributed by atoms with Crippen molar-refractivity contribution in [3.63, 3.8) is 0 Å². The number of rotatable bonds is 3. The van der Waals surface area contributed by atoms with Crippen LogP contribution in [0.2, 0.25) is 0 Å². The number of thiocarbonyl (C=S) groups is 1. The van der Waals surface area contributed by atoms with E-state index >= 15 is 0 Å². The molecule has 0 radical (unpaired) electrons. The average Bonchev–Trinajstić information content (AvgIpc) is 2.46. The summed E-state index contributed by atoms with van der Waals surface area (Å²) < 4.78 is 0. The minimum absolute atomic E-state index is 0.711. The van der Waals surface area contributed by atoms with E-state index in [1.54, 1.807) is 11.2 Å². The van der Waals surface area contributed by atoms with Crippen LogP contribution >= 0.6 is 12.2 Å². The quantitative estimate of drug-likeness (QED) is 0.474. The minimum atomic E-state index is 0.711. The van der Waals surface area contributed by atoms with Gasteiger partial charge in [0.25, 0.3) is 0 Å². The molecule has 0 aromatic heterocycles. The van der Waals surface area contributed by atoms with E-state index < -0.39 is 0 Å². The van der Waals surface area contributed by atoms with Gasteiger partial charge in [0.05, 0.1) is 6.21 Å². The fourth-order valence-electron chi connectivity index (χ4n) is 1.51. The van der Waals surface area contributed by atoms with Crippen molar-refractivity contribution in [2.24, 2.45) is 5.10 Å². The molecule has 0 aliphatic carbocycles. The fraction of sp³-hybridized carbons (Fsp3) is 0.0667. The Morgan fingerprint density at radius 1 is 1.00 bits per heavy atom. The van der Waals surface area contributed by atoms with Gasteiger partial charge in [0.1, 0.15) is 4.99 Å². The van der Waals surface area contributed by atoms with Gasteiger partial charge in [-0.3, -0.25) is 5.01 Å². The van der Waals surface area contributed by atoms with E-state index in [1.165, 1.54) is 0 Å². The van der Waals surface area contributed by atoms with Crippen LogP contribution in [0.15, 0.2) is 65.8 Å². The molecular weight excluding hydrogens is 240 g/mol. The van der Waals surface area contributed by atoms with Gasteiger partial charge in [0.2, 0.25) is 0 Å². The first-order valence-corrected chi connectivity index (χ1v) is 6.10. The molecule has 0 bridgehead atoms. The van der Waals surface area contributed by atoms with Crippen LogP contribution in [0.3, 0.4) is 0 Å². The second-order valence-electron chi connectivity index (χ2n) is 3.85. The van der Waals surface area contributed by atoms with Crippen LogP contribution in [0.25, 0.3) is 0 Å². The number of nitrogens with zero attached hydrogens (tertiary/aromatic N) is 2. The summed E-state index contributed by atoms with van der Waals surface area (Å²) in [6, 6.07) is 19.8. The Labute approximate surface area is 113 Å². The highest BCUT2D eigenvalue weighted by atomic mass is 32.1.